The number of rotatable bonds is 11. The van der Waals surface area contributed by atoms with Gasteiger partial charge in [0.25, 0.3) is 0 Å². The molecule has 0 atom stereocenters. The number of ether oxygens (including phenoxy) is 1. The Labute approximate surface area is 126 Å². The molecule has 0 rings (SSSR count). The van der Waals surface area contributed by atoms with E-state index in [2.05, 4.69) is 4.89 Å². The second-order valence-electron chi connectivity index (χ2n) is 5.86. The Bertz CT molecular complexity index is 295. The zero-order valence-electron chi connectivity index (χ0n) is 13.4. The number of aliphatic hydroxyl groups is 1. The van der Waals surface area contributed by atoms with Crippen LogP contribution in [0.5, 0.6) is 0 Å². The summed E-state index contributed by atoms with van der Waals surface area (Å²) in [5.74, 6) is -0.622. The predicted octanol–water partition coefficient (Wildman–Crippen LogP) is 2.53. The Balaban J connectivity index is 3.42. The molecule has 0 unspecified atom stereocenters. The van der Waals surface area contributed by atoms with Crippen LogP contribution in [0.1, 0.15) is 65.7 Å². The van der Waals surface area contributed by atoms with Gasteiger partial charge < -0.3 is 9.84 Å². The maximum atomic E-state index is 11.3. The van der Waals surface area contributed by atoms with Crippen LogP contribution in [0.4, 0.5) is 0 Å². The maximum Gasteiger partial charge on any atom is 0.342 e. The van der Waals surface area contributed by atoms with E-state index in [-0.39, 0.29) is 19.0 Å². The minimum atomic E-state index is -0.505. The second kappa shape index (κ2) is 11.5. The molecule has 0 radical (unpaired) electrons. The number of hydrogen-bond donors (Lipinski definition) is 1. The number of hydrogen-bond acceptors (Lipinski definition) is 6. The lowest BCUT2D eigenvalue weighted by Gasteiger charge is -2.16. The molecule has 0 aliphatic heterocycles. The molecule has 0 aliphatic rings. The first kappa shape index (κ1) is 19.9. The third-order valence-electron chi connectivity index (χ3n) is 2.46. The van der Waals surface area contributed by atoms with Gasteiger partial charge in [0.2, 0.25) is 0 Å². The van der Waals surface area contributed by atoms with Crippen LogP contribution >= 0.6 is 0 Å². The van der Waals surface area contributed by atoms with Crippen LogP contribution < -0.4 is 0 Å². The molecular weight excluding hydrogens is 276 g/mol. The van der Waals surface area contributed by atoms with Crippen LogP contribution in [0, 0.1) is 0 Å². The van der Waals surface area contributed by atoms with E-state index >= 15 is 0 Å². The molecule has 0 saturated heterocycles. The Morgan fingerprint density at radius 3 is 2.10 bits per heavy atom. The van der Waals surface area contributed by atoms with Gasteiger partial charge >= 0.3 is 11.9 Å². The van der Waals surface area contributed by atoms with E-state index < -0.39 is 11.6 Å². The summed E-state index contributed by atoms with van der Waals surface area (Å²) in [6.07, 6.45) is 4.06. The lowest BCUT2D eigenvalue weighted by Crippen LogP contribution is -2.21. The number of unbranched alkanes of at least 4 members (excludes halogenated alkanes) is 3. The van der Waals surface area contributed by atoms with Gasteiger partial charge in [0, 0.05) is 19.4 Å². The average molecular weight is 304 g/mol. The van der Waals surface area contributed by atoms with Crippen molar-refractivity contribution < 1.29 is 29.2 Å². The van der Waals surface area contributed by atoms with E-state index in [0.717, 1.165) is 6.42 Å². The second-order valence-corrected chi connectivity index (χ2v) is 5.86. The first-order valence-corrected chi connectivity index (χ1v) is 7.50. The fourth-order valence-electron chi connectivity index (χ4n) is 1.40. The highest BCUT2D eigenvalue weighted by Crippen LogP contribution is 2.10. The van der Waals surface area contributed by atoms with Crippen molar-refractivity contribution >= 4 is 11.9 Å². The molecule has 0 saturated carbocycles. The highest BCUT2D eigenvalue weighted by atomic mass is 17.2. The van der Waals surface area contributed by atoms with Gasteiger partial charge in [0.05, 0.1) is 6.61 Å². The summed E-state index contributed by atoms with van der Waals surface area (Å²) in [6.45, 7) is 5.87. The SMILES string of the molecule is CC(C)(C)OOC(=O)CCCCCC(=O)OCCCCO. The van der Waals surface area contributed by atoms with Gasteiger partial charge in [-0.25, -0.2) is 4.79 Å². The van der Waals surface area contributed by atoms with E-state index in [1.54, 1.807) is 20.8 Å². The Hall–Kier alpha value is -1.14. The molecule has 124 valence electrons. The van der Waals surface area contributed by atoms with Crippen LogP contribution in [-0.4, -0.2) is 35.9 Å². The number of aliphatic hydroxyl groups excluding tert-OH is 1. The summed E-state index contributed by atoms with van der Waals surface area (Å²) in [6, 6.07) is 0. The van der Waals surface area contributed by atoms with Crippen molar-refractivity contribution in [2.45, 2.75) is 71.3 Å². The third-order valence-corrected chi connectivity index (χ3v) is 2.46. The minimum absolute atomic E-state index is 0.118. The van der Waals surface area contributed by atoms with E-state index in [4.69, 9.17) is 14.7 Å². The molecule has 0 bridgehead atoms. The Morgan fingerprint density at radius 1 is 0.905 bits per heavy atom. The van der Waals surface area contributed by atoms with Crippen molar-refractivity contribution in [2.75, 3.05) is 13.2 Å². The number of carbonyl (C=O) groups is 2. The quantitative estimate of drug-likeness (QED) is 0.273. The molecule has 0 amide bonds. The molecule has 0 fully saturated rings. The molecule has 1 N–H and O–H groups in total. The van der Waals surface area contributed by atoms with Crippen molar-refractivity contribution in [3.05, 3.63) is 0 Å². The summed E-state index contributed by atoms with van der Waals surface area (Å²) < 4.78 is 4.99. The summed E-state index contributed by atoms with van der Waals surface area (Å²) in [5, 5.41) is 8.57. The van der Waals surface area contributed by atoms with Gasteiger partial charge in [0.1, 0.15) is 5.60 Å². The van der Waals surface area contributed by atoms with Gasteiger partial charge in [-0.2, -0.15) is 4.89 Å². The van der Waals surface area contributed by atoms with Crippen molar-refractivity contribution in [2.24, 2.45) is 0 Å². The van der Waals surface area contributed by atoms with Crippen LogP contribution in [0.25, 0.3) is 0 Å². The third kappa shape index (κ3) is 15.1. The summed E-state index contributed by atoms with van der Waals surface area (Å²) in [4.78, 5) is 32.2. The van der Waals surface area contributed by atoms with E-state index in [1.165, 1.54) is 0 Å². The maximum absolute atomic E-state index is 11.3. The molecule has 6 heteroatoms. The normalized spacial score (nSPS) is 11.2. The van der Waals surface area contributed by atoms with Crippen LogP contribution in [0.3, 0.4) is 0 Å². The van der Waals surface area contributed by atoms with Crippen molar-refractivity contribution in [3.8, 4) is 0 Å². The Morgan fingerprint density at radius 2 is 1.52 bits per heavy atom. The lowest BCUT2D eigenvalue weighted by molar-refractivity contribution is -0.320. The Kier molecular flexibility index (Phi) is 10.9. The zero-order valence-corrected chi connectivity index (χ0v) is 13.4. The van der Waals surface area contributed by atoms with E-state index in [0.29, 0.717) is 38.7 Å². The first-order chi connectivity index (χ1) is 9.85. The molecule has 0 aromatic heterocycles. The minimum Gasteiger partial charge on any atom is -0.466 e. The summed E-state index contributed by atoms with van der Waals surface area (Å²) in [7, 11) is 0. The molecule has 0 heterocycles. The number of carbonyl (C=O) groups excluding carboxylic acids is 2. The highest BCUT2D eigenvalue weighted by molar-refractivity contribution is 5.69. The van der Waals surface area contributed by atoms with Gasteiger partial charge in [-0.1, -0.05) is 6.42 Å². The van der Waals surface area contributed by atoms with Crippen molar-refractivity contribution in [1.82, 2.24) is 0 Å². The summed E-state index contributed by atoms with van der Waals surface area (Å²) >= 11 is 0. The topological polar surface area (TPSA) is 82.1 Å². The average Bonchev–Trinajstić information content (AvgIpc) is 2.40. The molecule has 0 spiro atoms. The summed E-state index contributed by atoms with van der Waals surface area (Å²) in [5.41, 5.74) is -0.505. The molecule has 0 aromatic carbocycles. The van der Waals surface area contributed by atoms with Crippen LogP contribution in [0.2, 0.25) is 0 Å². The molecule has 6 nitrogen and oxygen atoms in total. The van der Waals surface area contributed by atoms with Crippen LogP contribution in [0.15, 0.2) is 0 Å². The first-order valence-electron chi connectivity index (χ1n) is 7.50. The largest absolute Gasteiger partial charge is 0.466 e. The molecular formula is C15H28O6. The van der Waals surface area contributed by atoms with Gasteiger partial charge in [-0.05, 0) is 46.5 Å². The fraction of sp³-hybridized carbons (Fsp3) is 0.867. The van der Waals surface area contributed by atoms with Crippen LogP contribution in [-0.2, 0) is 24.1 Å². The van der Waals surface area contributed by atoms with Crippen molar-refractivity contribution in [1.29, 1.82) is 0 Å². The highest BCUT2D eigenvalue weighted by Gasteiger charge is 2.15. The fourth-order valence-corrected chi connectivity index (χ4v) is 1.40. The zero-order chi connectivity index (χ0) is 16.1. The van der Waals surface area contributed by atoms with E-state index in [9.17, 15) is 9.59 Å². The smallest absolute Gasteiger partial charge is 0.342 e. The molecule has 0 aliphatic carbocycles. The lowest BCUT2D eigenvalue weighted by atomic mass is 10.1. The van der Waals surface area contributed by atoms with E-state index in [1.807, 2.05) is 0 Å². The molecule has 21 heavy (non-hydrogen) atoms. The van der Waals surface area contributed by atoms with Gasteiger partial charge in [-0.15, -0.1) is 0 Å². The van der Waals surface area contributed by atoms with Crippen molar-refractivity contribution in [3.63, 3.8) is 0 Å². The standard InChI is InChI=1S/C15H28O6/c1-15(2,3)21-20-14(18)10-6-4-5-9-13(17)19-12-8-7-11-16/h16H,4-12H2,1-3H3. The van der Waals surface area contributed by atoms with Gasteiger partial charge in [-0.3, -0.25) is 9.68 Å². The van der Waals surface area contributed by atoms with Gasteiger partial charge in [0.15, 0.2) is 0 Å². The monoisotopic (exact) mass is 304 g/mol. The molecule has 0 aromatic rings. The predicted molar refractivity (Wildman–Crippen MR) is 77.3 cm³/mol. The number of esters is 1.